The highest BCUT2D eigenvalue weighted by molar-refractivity contribution is 7.17. The van der Waals surface area contributed by atoms with Crippen LogP contribution in [-0.4, -0.2) is 23.9 Å². The number of non-ortho nitro benzene ring substituents is 1. The molecule has 1 aliphatic carbocycles. The van der Waals surface area contributed by atoms with Gasteiger partial charge < -0.3 is 10.1 Å². The number of fused-ring (bicyclic) bond motifs is 1. The third-order valence-electron chi connectivity index (χ3n) is 6.42. The Hall–Kier alpha value is -3.00. The second-order valence-corrected chi connectivity index (χ2v) is 9.76. The van der Waals surface area contributed by atoms with Gasteiger partial charge in [-0.15, -0.1) is 11.3 Å². The van der Waals surface area contributed by atoms with Gasteiger partial charge in [-0.05, 0) is 47.8 Å². The molecule has 32 heavy (non-hydrogen) atoms. The lowest BCUT2D eigenvalue weighted by atomic mass is 9.69. The highest BCUT2D eigenvalue weighted by Crippen LogP contribution is 2.45. The molecule has 1 heterocycles. The lowest BCUT2D eigenvalue weighted by molar-refractivity contribution is -0.384. The first kappa shape index (κ1) is 23.7. The minimum Gasteiger partial charge on any atom is -0.465 e. The number of nitro benzene ring substituents is 1. The Morgan fingerprint density at radius 2 is 2.12 bits per heavy atom. The van der Waals surface area contributed by atoms with Crippen LogP contribution >= 0.6 is 11.3 Å². The number of nitro groups is 1. The van der Waals surface area contributed by atoms with Crippen LogP contribution in [-0.2, 0) is 22.4 Å². The molecule has 0 bridgehead atoms. The molecule has 2 aromatic rings. The van der Waals surface area contributed by atoms with Crippen molar-refractivity contribution in [1.29, 1.82) is 0 Å². The molecule has 0 aliphatic heterocycles. The van der Waals surface area contributed by atoms with Gasteiger partial charge in [-0.3, -0.25) is 14.9 Å². The third kappa shape index (κ3) is 5.07. The Labute approximate surface area is 191 Å². The summed E-state index contributed by atoms with van der Waals surface area (Å²) in [5, 5.41) is 14.2. The predicted molar refractivity (Wildman–Crippen MR) is 126 cm³/mol. The van der Waals surface area contributed by atoms with Crippen LogP contribution in [0.1, 0.15) is 60.0 Å². The molecular weight excluding hydrogens is 428 g/mol. The van der Waals surface area contributed by atoms with E-state index in [1.807, 2.05) is 0 Å². The summed E-state index contributed by atoms with van der Waals surface area (Å²) >= 11 is 1.44. The van der Waals surface area contributed by atoms with Crippen molar-refractivity contribution in [2.24, 2.45) is 11.3 Å². The van der Waals surface area contributed by atoms with Gasteiger partial charge in [0.1, 0.15) is 5.00 Å². The van der Waals surface area contributed by atoms with Crippen LogP contribution < -0.4 is 5.32 Å². The summed E-state index contributed by atoms with van der Waals surface area (Å²) in [5.41, 5.74) is 2.12. The van der Waals surface area contributed by atoms with Gasteiger partial charge in [0.05, 0.1) is 17.6 Å². The third-order valence-corrected chi connectivity index (χ3v) is 7.59. The van der Waals surface area contributed by atoms with E-state index in [0.717, 1.165) is 36.1 Å². The first-order valence-corrected chi connectivity index (χ1v) is 11.4. The first-order valence-electron chi connectivity index (χ1n) is 10.6. The minimum atomic E-state index is -0.483. The highest BCUT2D eigenvalue weighted by atomic mass is 32.1. The van der Waals surface area contributed by atoms with Crippen LogP contribution in [0.5, 0.6) is 0 Å². The maximum atomic E-state index is 12.6. The van der Waals surface area contributed by atoms with Gasteiger partial charge in [0, 0.05) is 23.1 Å². The highest BCUT2D eigenvalue weighted by Gasteiger charge is 2.35. The zero-order chi connectivity index (χ0) is 23.5. The molecule has 0 saturated carbocycles. The summed E-state index contributed by atoms with van der Waals surface area (Å²) in [6.07, 6.45) is 6.55. The van der Waals surface area contributed by atoms with Crippen molar-refractivity contribution in [2.45, 2.75) is 46.5 Å². The molecular formula is C24H28N2O5S. The molecule has 0 fully saturated rings. The average molecular weight is 457 g/mol. The number of nitrogens with zero attached hydrogens (tertiary/aromatic N) is 1. The second-order valence-electron chi connectivity index (χ2n) is 8.66. The summed E-state index contributed by atoms with van der Waals surface area (Å²) in [4.78, 5) is 36.7. The van der Waals surface area contributed by atoms with Crippen LogP contribution in [0, 0.1) is 21.4 Å². The lowest BCUT2D eigenvalue weighted by Gasteiger charge is -2.36. The Balaban J connectivity index is 1.83. The van der Waals surface area contributed by atoms with E-state index >= 15 is 0 Å². The SMILES string of the molecule is CCC(C)(C)[C@H]1CCc2c(sc(NC(=O)/C=C/c3cccc([N+](=O)[O-])c3)c2C(=O)OC)C1. The summed E-state index contributed by atoms with van der Waals surface area (Å²) in [6.45, 7) is 6.75. The number of hydrogen-bond donors (Lipinski definition) is 1. The van der Waals surface area contributed by atoms with Crippen molar-refractivity contribution in [3.05, 3.63) is 62.0 Å². The fourth-order valence-corrected chi connectivity index (χ4v) is 5.33. The van der Waals surface area contributed by atoms with Gasteiger partial charge >= 0.3 is 5.97 Å². The van der Waals surface area contributed by atoms with Crippen molar-refractivity contribution in [3.63, 3.8) is 0 Å². The van der Waals surface area contributed by atoms with Crippen LogP contribution in [0.3, 0.4) is 0 Å². The number of hydrogen-bond acceptors (Lipinski definition) is 6. The van der Waals surface area contributed by atoms with Crippen LogP contribution in [0.25, 0.3) is 6.08 Å². The Morgan fingerprint density at radius 3 is 2.78 bits per heavy atom. The first-order chi connectivity index (χ1) is 15.2. The lowest BCUT2D eigenvalue weighted by Crippen LogP contribution is -2.28. The molecule has 170 valence electrons. The normalized spacial score (nSPS) is 15.9. The van der Waals surface area contributed by atoms with Crippen LogP contribution in [0.2, 0.25) is 0 Å². The van der Waals surface area contributed by atoms with Crippen LogP contribution in [0.15, 0.2) is 30.3 Å². The molecule has 0 unspecified atom stereocenters. The van der Waals surface area contributed by atoms with E-state index in [4.69, 9.17) is 4.74 Å². The standard InChI is InChI=1S/C24H28N2O5S/c1-5-24(2,3)16-10-11-18-19(14-16)32-22(21(18)23(28)31-4)25-20(27)12-9-15-7-6-8-17(13-15)26(29)30/h6-9,12-13,16H,5,10-11,14H2,1-4H3,(H,25,27)/b12-9+/t16-/m0/s1. The number of methoxy groups -OCH3 is 1. The number of benzene rings is 1. The maximum absolute atomic E-state index is 12.6. The smallest absolute Gasteiger partial charge is 0.341 e. The summed E-state index contributed by atoms with van der Waals surface area (Å²) < 4.78 is 5.00. The molecule has 3 rings (SSSR count). The summed E-state index contributed by atoms with van der Waals surface area (Å²) in [6, 6.07) is 6.02. The zero-order valence-electron chi connectivity index (χ0n) is 18.8. The number of carbonyl (C=O) groups is 2. The number of anilines is 1. The zero-order valence-corrected chi connectivity index (χ0v) is 19.6. The molecule has 1 aromatic heterocycles. The van der Waals surface area contributed by atoms with Crippen molar-refractivity contribution in [2.75, 3.05) is 12.4 Å². The number of carbonyl (C=O) groups excluding carboxylic acids is 2. The fraction of sp³-hybridized carbons (Fsp3) is 0.417. The van der Waals surface area contributed by atoms with E-state index in [1.54, 1.807) is 12.1 Å². The molecule has 0 saturated heterocycles. The molecule has 1 aromatic carbocycles. The number of nitrogens with one attached hydrogen (secondary N) is 1. The molecule has 1 aliphatic rings. The monoisotopic (exact) mass is 456 g/mol. The van der Waals surface area contributed by atoms with E-state index in [2.05, 4.69) is 26.1 Å². The van der Waals surface area contributed by atoms with E-state index < -0.39 is 16.8 Å². The fourth-order valence-electron chi connectivity index (χ4n) is 4.02. The number of thiophene rings is 1. The second kappa shape index (κ2) is 9.65. The molecule has 7 nitrogen and oxygen atoms in total. The number of rotatable bonds is 7. The van der Waals surface area contributed by atoms with Crippen molar-refractivity contribution >= 4 is 40.0 Å². The van der Waals surface area contributed by atoms with Crippen LogP contribution in [0.4, 0.5) is 10.7 Å². The number of ether oxygens (including phenoxy) is 1. The van der Waals surface area contributed by atoms with E-state index in [1.165, 1.54) is 42.7 Å². The summed E-state index contributed by atoms with van der Waals surface area (Å²) in [5.74, 6) is -0.346. The van der Waals surface area contributed by atoms with Gasteiger partial charge in [-0.25, -0.2) is 4.79 Å². The van der Waals surface area contributed by atoms with Crippen molar-refractivity contribution < 1.29 is 19.2 Å². The quantitative estimate of drug-likeness (QED) is 0.252. The topological polar surface area (TPSA) is 98.5 Å². The molecule has 0 spiro atoms. The largest absolute Gasteiger partial charge is 0.465 e. The predicted octanol–water partition coefficient (Wildman–Crippen LogP) is 5.64. The number of amides is 1. The van der Waals surface area contributed by atoms with Crippen molar-refractivity contribution in [3.8, 4) is 0 Å². The average Bonchev–Trinajstić information content (AvgIpc) is 3.14. The molecule has 1 amide bonds. The van der Waals surface area contributed by atoms with E-state index in [0.29, 0.717) is 22.0 Å². The molecule has 8 heteroatoms. The molecule has 1 atom stereocenters. The van der Waals surface area contributed by atoms with Gasteiger partial charge in [-0.2, -0.15) is 0 Å². The summed E-state index contributed by atoms with van der Waals surface area (Å²) in [7, 11) is 1.34. The molecule has 1 N–H and O–H groups in total. The minimum absolute atomic E-state index is 0.0453. The van der Waals surface area contributed by atoms with E-state index in [-0.39, 0.29) is 11.1 Å². The van der Waals surface area contributed by atoms with Crippen molar-refractivity contribution in [1.82, 2.24) is 0 Å². The van der Waals surface area contributed by atoms with Gasteiger partial charge in [0.2, 0.25) is 5.91 Å². The Kier molecular flexibility index (Phi) is 7.13. The Bertz CT molecular complexity index is 1070. The van der Waals surface area contributed by atoms with Gasteiger partial charge in [-0.1, -0.05) is 39.3 Å². The molecule has 0 radical (unpaired) electrons. The number of esters is 1. The van der Waals surface area contributed by atoms with Gasteiger partial charge in [0.25, 0.3) is 5.69 Å². The van der Waals surface area contributed by atoms with E-state index in [9.17, 15) is 19.7 Å². The maximum Gasteiger partial charge on any atom is 0.341 e. The van der Waals surface area contributed by atoms with Gasteiger partial charge in [0.15, 0.2) is 0 Å². The Morgan fingerprint density at radius 1 is 1.38 bits per heavy atom.